The second kappa shape index (κ2) is 9.92. The smallest absolute Gasteiger partial charge is 0.0478 e. The molecule has 0 rings (SSSR count). The summed E-state index contributed by atoms with van der Waals surface area (Å²) in [4.78, 5) is 0. The van der Waals surface area contributed by atoms with Crippen molar-refractivity contribution in [1.82, 2.24) is 5.32 Å². The van der Waals surface area contributed by atoms with Gasteiger partial charge in [-0.3, -0.25) is 0 Å². The minimum Gasteiger partial charge on any atom is -0.381 e. The summed E-state index contributed by atoms with van der Waals surface area (Å²) in [5.41, 5.74) is 0. The monoisotopic (exact) mass is 159 g/mol. The summed E-state index contributed by atoms with van der Waals surface area (Å²) >= 11 is 0. The van der Waals surface area contributed by atoms with Crippen molar-refractivity contribution in [1.29, 1.82) is 0 Å². The predicted molar refractivity (Wildman–Crippen MR) is 48.9 cm³/mol. The summed E-state index contributed by atoms with van der Waals surface area (Å²) < 4.78 is 5.40. The first-order chi connectivity index (χ1) is 5.41. The zero-order chi connectivity index (χ0) is 8.36. The van der Waals surface area contributed by atoms with Gasteiger partial charge in [0, 0.05) is 13.2 Å². The lowest BCUT2D eigenvalue weighted by Gasteiger charge is -2.02. The van der Waals surface area contributed by atoms with Crippen LogP contribution in [0.4, 0.5) is 0 Å². The van der Waals surface area contributed by atoms with Gasteiger partial charge in [-0.2, -0.15) is 0 Å². The van der Waals surface area contributed by atoms with Crippen molar-refractivity contribution in [2.75, 3.05) is 26.8 Å². The van der Waals surface area contributed by atoms with Crippen molar-refractivity contribution in [3.05, 3.63) is 0 Å². The van der Waals surface area contributed by atoms with Gasteiger partial charge in [0.05, 0.1) is 0 Å². The molecule has 0 atom stereocenters. The number of unbranched alkanes of at least 4 members (excludes halogenated alkanes) is 2. The number of ether oxygens (including phenoxy) is 1. The molecule has 68 valence electrons. The van der Waals surface area contributed by atoms with E-state index in [1.807, 2.05) is 7.05 Å². The maximum absolute atomic E-state index is 5.40. The van der Waals surface area contributed by atoms with Crippen LogP contribution in [0.25, 0.3) is 0 Å². The van der Waals surface area contributed by atoms with Gasteiger partial charge in [-0.15, -0.1) is 0 Å². The van der Waals surface area contributed by atoms with E-state index in [9.17, 15) is 0 Å². The molecule has 0 heterocycles. The molecule has 0 aliphatic heterocycles. The molecule has 0 bridgehead atoms. The van der Waals surface area contributed by atoms with Gasteiger partial charge in [-0.05, 0) is 26.4 Å². The number of rotatable bonds is 8. The molecule has 0 aliphatic rings. The molecule has 0 spiro atoms. The van der Waals surface area contributed by atoms with Crippen LogP contribution in [0, 0.1) is 0 Å². The summed E-state index contributed by atoms with van der Waals surface area (Å²) in [6.07, 6.45) is 4.92. The molecule has 0 aromatic rings. The molecule has 0 saturated carbocycles. The Balaban J connectivity index is 2.69. The van der Waals surface area contributed by atoms with Crippen molar-refractivity contribution in [3.8, 4) is 0 Å². The average Bonchev–Trinajstić information content (AvgIpc) is 2.03. The second-order valence-electron chi connectivity index (χ2n) is 2.78. The van der Waals surface area contributed by atoms with Crippen LogP contribution in [0.1, 0.15) is 32.6 Å². The third kappa shape index (κ3) is 9.92. The maximum Gasteiger partial charge on any atom is 0.0478 e. The van der Waals surface area contributed by atoms with Crippen LogP contribution in [0.3, 0.4) is 0 Å². The topological polar surface area (TPSA) is 21.3 Å². The predicted octanol–water partition coefficient (Wildman–Crippen LogP) is 1.80. The summed E-state index contributed by atoms with van der Waals surface area (Å²) in [6.45, 7) is 5.12. The minimum absolute atomic E-state index is 0.907. The maximum atomic E-state index is 5.40. The molecule has 0 saturated heterocycles. The summed E-state index contributed by atoms with van der Waals surface area (Å²) in [7, 11) is 1.97. The van der Waals surface area contributed by atoms with Gasteiger partial charge in [-0.1, -0.05) is 19.8 Å². The number of hydrogen-bond acceptors (Lipinski definition) is 2. The van der Waals surface area contributed by atoms with Gasteiger partial charge >= 0.3 is 0 Å². The van der Waals surface area contributed by atoms with E-state index in [0.29, 0.717) is 0 Å². The van der Waals surface area contributed by atoms with Gasteiger partial charge in [0.15, 0.2) is 0 Å². The van der Waals surface area contributed by atoms with Crippen LogP contribution in [0.2, 0.25) is 0 Å². The van der Waals surface area contributed by atoms with Crippen LogP contribution in [0.5, 0.6) is 0 Å². The lowest BCUT2D eigenvalue weighted by atomic mass is 10.3. The molecule has 0 amide bonds. The molecule has 0 unspecified atom stereocenters. The van der Waals surface area contributed by atoms with E-state index in [1.165, 1.54) is 19.3 Å². The van der Waals surface area contributed by atoms with Gasteiger partial charge in [-0.25, -0.2) is 0 Å². The van der Waals surface area contributed by atoms with Crippen LogP contribution in [-0.4, -0.2) is 26.8 Å². The SMILES string of the molecule is CCCCCOCCCNC. The fraction of sp³-hybridized carbons (Fsp3) is 1.00. The molecule has 11 heavy (non-hydrogen) atoms. The van der Waals surface area contributed by atoms with Gasteiger partial charge < -0.3 is 10.1 Å². The lowest BCUT2D eigenvalue weighted by molar-refractivity contribution is 0.128. The molecule has 0 aromatic carbocycles. The van der Waals surface area contributed by atoms with Crippen LogP contribution >= 0.6 is 0 Å². The molecule has 0 aliphatic carbocycles. The quantitative estimate of drug-likeness (QED) is 0.545. The third-order valence-corrected chi connectivity index (χ3v) is 1.61. The molecule has 1 N–H and O–H groups in total. The van der Waals surface area contributed by atoms with E-state index in [2.05, 4.69) is 12.2 Å². The Morgan fingerprint density at radius 2 is 1.82 bits per heavy atom. The Hall–Kier alpha value is -0.0800. The largest absolute Gasteiger partial charge is 0.381 e. The Kier molecular flexibility index (Phi) is 9.85. The summed E-state index contributed by atoms with van der Waals surface area (Å²) in [6, 6.07) is 0. The average molecular weight is 159 g/mol. The van der Waals surface area contributed by atoms with Crippen molar-refractivity contribution in [2.24, 2.45) is 0 Å². The fourth-order valence-electron chi connectivity index (χ4n) is 0.907. The molecule has 0 radical (unpaired) electrons. The van der Waals surface area contributed by atoms with Crippen LogP contribution in [0.15, 0.2) is 0 Å². The van der Waals surface area contributed by atoms with E-state index in [-0.39, 0.29) is 0 Å². The lowest BCUT2D eigenvalue weighted by Crippen LogP contribution is -2.10. The van der Waals surface area contributed by atoms with Gasteiger partial charge in [0.1, 0.15) is 0 Å². The fourth-order valence-corrected chi connectivity index (χ4v) is 0.907. The standard InChI is InChI=1S/C9H21NO/c1-3-4-5-8-11-9-6-7-10-2/h10H,3-9H2,1-2H3. The molecular weight excluding hydrogens is 138 g/mol. The van der Waals surface area contributed by atoms with E-state index < -0.39 is 0 Å². The normalized spacial score (nSPS) is 10.4. The molecule has 2 nitrogen and oxygen atoms in total. The van der Waals surface area contributed by atoms with E-state index in [0.717, 1.165) is 26.2 Å². The Labute approximate surface area is 70.3 Å². The number of nitrogens with one attached hydrogen (secondary N) is 1. The van der Waals surface area contributed by atoms with Crippen molar-refractivity contribution in [3.63, 3.8) is 0 Å². The highest BCUT2D eigenvalue weighted by Crippen LogP contribution is 1.94. The van der Waals surface area contributed by atoms with Crippen molar-refractivity contribution >= 4 is 0 Å². The van der Waals surface area contributed by atoms with Gasteiger partial charge in [0.25, 0.3) is 0 Å². The first-order valence-electron chi connectivity index (χ1n) is 4.64. The Bertz CT molecular complexity index is 58.6. The summed E-state index contributed by atoms with van der Waals surface area (Å²) in [5.74, 6) is 0. The van der Waals surface area contributed by atoms with Crippen molar-refractivity contribution in [2.45, 2.75) is 32.6 Å². The van der Waals surface area contributed by atoms with Crippen molar-refractivity contribution < 1.29 is 4.74 Å². The Morgan fingerprint density at radius 3 is 2.45 bits per heavy atom. The molecule has 0 fully saturated rings. The van der Waals surface area contributed by atoms with Crippen LogP contribution < -0.4 is 5.32 Å². The highest BCUT2D eigenvalue weighted by molar-refractivity contribution is 4.40. The van der Waals surface area contributed by atoms with Crippen LogP contribution in [-0.2, 0) is 4.74 Å². The zero-order valence-electron chi connectivity index (χ0n) is 7.86. The number of hydrogen-bond donors (Lipinski definition) is 1. The first kappa shape index (κ1) is 10.9. The minimum atomic E-state index is 0.907. The third-order valence-electron chi connectivity index (χ3n) is 1.61. The van der Waals surface area contributed by atoms with E-state index in [4.69, 9.17) is 4.74 Å². The second-order valence-corrected chi connectivity index (χ2v) is 2.78. The summed E-state index contributed by atoms with van der Waals surface area (Å²) in [5, 5.41) is 3.09. The Morgan fingerprint density at radius 1 is 1.09 bits per heavy atom. The molecule has 2 heteroatoms. The molecular formula is C9H21NO. The highest BCUT2D eigenvalue weighted by atomic mass is 16.5. The zero-order valence-corrected chi connectivity index (χ0v) is 7.86. The van der Waals surface area contributed by atoms with E-state index in [1.54, 1.807) is 0 Å². The highest BCUT2D eigenvalue weighted by Gasteiger charge is 1.87. The molecule has 0 aromatic heterocycles. The van der Waals surface area contributed by atoms with E-state index >= 15 is 0 Å². The first-order valence-corrected chi connectivity index (χ1v) is 4.64. The van der Waals surface area contributed by atoms with Gasteiger partial charge in [0.2, 0.25) is 0 Å².